The molecule has 3 aliphatic heterocycles. The van der Waals surface area contributed by atoms with E-state index in [4.69, 9.17) is 18.9 Å². The number of hydroxylamine groups is 1. The second-order valence-electron chi connectivity index (χ2n) is 10.9. The van der Waals surface area contributed by atoms with E-state index < -0.39 is 23.7 Å². The van der Waals surface area contributed by atoms with E-state index in [-0.39, 0.29) is 12.6 Å². The third-order valence-corrected chi connectivity index (χ3v) is 6.75. The normalized spacial score (nSPS) is 21.7. The number of nitrogens with one attached hydrogen (secondary N) is 2. The number of rotatable bonds is 5. The van der Waals surface area contributed by atoms with Crippen LogP contribution in [0.4, 0.5) is 10.5 Å². The lowest BCUT2D eigenvalue weighted by Gasteiger charge is -2.39. The molecule has 1 saturated heterocycles. The molecular formula is C28H40N4O7. The maximum atomic E-state index is 13.0. The van der Waals surface area contributed by atoms with Crippen LogP contribution in [0, 0.1) is 0 Å². The summed E-state index contributed by atoms with van der Waals surface area (Å²) >= 11 is 0. The van der Waals surface area contributed by atoms with Crippen LogP contribution in [-0.4, -0.2) is 71.9 Å². The van der Waals surface area contributed by atoms with Crippen LogP contribution >= 0.6 is 0 Å². The van der Waals surface area contributed by atoms with Gasteiger partial charge in [0.05, 0.1) is 26.0 Å². The maximum absolute atomic E-state index is 13.0. The Balaban J connectivity index is 1.57. The number of hydrazine groups is 1. The van der Waals surface area contributed by atoms with Gasteiger partial charge in [-0.05, 0) is 76.6 Å². The first kappa shape index (κ1) is 28.6. The zero-order valence-electron chi connectivity index (χ0n) is 23.4. The molecule has 3 aliphatic rings. The quantitative estimate of drug-likeness (QED) is 0.466. The van der Waals surface area contributed by atoms with Crippen molar-refractivity contribution in [3.63, 3.8) is 0 Å². The molecule has 0 spiro atoms. The van der Waals surface area contributed by atoms with Gasteiger partial charge in [0.15, 0.2) is 0 Å². The van der Waals surface area contributed by atoms with E-state index in [9.17, 15) is 14.8 Å². The van der Waals surface area contributed by atoms with Crippen molar-refractivity contribution in [2.24, 2.45) is 0 Å². The number of amides is 1. The van der Waals surface area contributed by atoms with Gasteiger partial charge in [-0.2, -0.15) is 5.17 Å². The minimum atomic E-state index is -0.688. The highest BCUT2D eigenvalue weighted by Gasteiger charge is 2.39. The van der Waals surface area contributed by atoms with E-state index in [1.165, 1.54) is 4.90 Å². The minimum absolute atomic E-state index is 0.105. The summed E-state index contributed by atoms with van der Waals surface area (Å²) in [6, 6.07) is 5.11. The molecule has 3 heterocycles. The van der Waals surface area contributed by atoms with Gasteiger partial charge >= 0.3 is 12.1 Å². The number of allylic oxidation sites excluding steroid dienone is 2. The Kier molecular flexibility index (Phi) is 8.91. The maximum Gasteiger partial charge on any atom is 0.411 e. The SMILES string of the molecule is CCOC(=O)[C@@H]1CC[C@@H](Nc2ccc3c(c2)COCCCC2=C3N(O)NC(OC)=C2)CN1C(=O)OC(C)(C)C. The van der Waals surface area contributed by atoms with Crippen molar-refractivity contribution in [1.29, 1.82) is 0 Å². The monoisotopic (exact) mass is 544 g/mol. The molecule has 11 heteroatoms. The Morgan fingerprint density at radius 3 is 2.77 bits per heavy atom. The smallest absolute Gasteiger partial charge is 0.411 e. The second-order valence-corrected chi connectivity index (χ2v) is 10.9. The van der Waals surface area contributed by atoms with E-state index in [0.29, 0.717) is 44.2 Å². The summed E-state index contributed by atoms with van der Waals surface area (Å²) < 4.78 is 22.1. The molecule has 11 nitrogen and oxygen atoms in total. The van der Waals surface area contributed by atoms with Gasteiger partial charge in [0.2, 0.25) is 5.88 Å². The Hall–Kier alpha value is -3.44. The number of fused-ring (bicyclic) bond motifs is 2. The molecule has 0 bridgehead atoms. The van der Waals surface area contributed by atoms with Gasteiger partial charge in [0.25, 0.3) is 0 Å². The molecule has 39 heavy (non-hydrogen) atoms. The number of carbonyl (C=O) groups excluding carboxylic acids is 2. The van der Waals surface area contributed by atoms with E-state index in [1.54, 1.807) is 34.8 Å². The van der Waals surface area contributed by atoms with Gasteiger partial charge in [-0.15, -0.1) is 0 Å². The number of esters is 1. The highest BCUT2D eigenvalue weighted by molar-refractivity contribution is 5.82. The topological polar surface area (TPSA) is 122 Å². The summed E-state index contributed by atoms with van der Waals surface area (Å²) in [6.45, 7) is 8.66. The fourth-order valence-electron chi connectivity index (χ4n) is 5.05. The molecule has 4 rings (SSSR count). The highest BCUT2D eigenvalue weighted by Crippen LogP contribution is 2.34. The lowest BCUT2D eigenvalue weighted by molar-refractivity contribution is -0.150. The number of anilines is 1. The van der Waals surface area contributed by atoms with E-state index in [2.05, 4.69) is 10.7 Å². The van der Waals surface area contributed by atoms with Gasteiger partial charge in [-0.3, -0.25) is 10.1 Å². The molecule has 2 atom stereocenters. The molecule has 1 aromatic rings. The summed E-state index contributed by atoms with van der Waals surface area (Å²) in [5.41, 5.74) is 6.37. The third kappa shape index (κ3) is 6.96. The van der Waals surface area contributed by atoms with Crippen molar-refractivity contribution in [1.82, 2.24) is 15.5 Å². The van der Waals surface area contributed by atoms with Gasteiger partial charge in [-0.25, -0.2) is 15.0 Å². The summed E-state index contributed by atoms with van der Waals surface area (Å²) in [5, 5.41) is 15.3. The van der Waals surface area contributed by atoms with Crippen LogP contribution < -0.4 is 10.7 Å². The average Bonchev–Trinajstić information content (AvgIpc) is 2.96. The number of methoxy groups -OCH3 is 1. The van der Waals surface area contributed by atoms with Crippen molar-refractivity contribution >= 4 is 23.4 Å². The van der Waals surface area contributed by atoms with Crippen LogP contribution in [-0.2, 0) is 30.3 Å². The van der Waals surface area contributed by atoms with Gasteiger partial charge in [0.1, 0.15) is 11.6 Å². The molecule has 1 fully saturated rings. The minimum Gasteiger partial charge on any atom is -0.481 e. The molecule has 214 valence electrons. The Labute approximate surface area is 229 Å². The number of hydrogen-bond donors (Lipinski definition) is 3. The highest BCUT2D eigenvalue weighted by atomic mass is 16.6. The van der Waals surface area contributed by atoms with Crippen molar-refractivity contribution in [3.8, 4) is 0 Å². The van der Waals surface area contributed by atoms with Gasteiger partial charge in [0, 0.05) is 36.5 Å². The predicted octanol–water partition coefficient (Wildman–Crippen LogP) is 4.15. The van der Waals surface area contributed by atoms with Gasteiger partial charge < -0.3 is 24.3 Å². The van der Waals surface area contributed by atoms with Crippen LogP contribution in [0.2, 0.25) is 0 Å². The second kappa shape index (κ2) is 12.2. The Morgan fingerprint density at radius 1 is 1.26 bits per heavy atom. The summed E-state index contributed by atoms with van der Waals surface area (Å²) in [4.78, 5) is 27.1. The number of likely N-dealkylation sites (tertiary alicyclic amines) is 1. The number of hydrogen-bond acceptors (Lipinski definition) is 10. The van der Waals surface area contributed by atoms with Crippen LogP contribution in [0.1, 0.15) is 64.5 Å². The van der Waals surface area contributed by atoms with Crippen LogP contribution in [0.3, 0.4) is 0 Å². The first-order valence-electron chi connectivity index (χ1n) is 13.5. The Morgan fingerprint density at radius 2 is 2.05 bits per heavy atom. The molecule has 0 unspecified atom stereocenters. The first-order valence-corrected chi connectivity index (χ1v) is 13.5. The molecule has 1 aromatic carbocycles. The molecule has 1 amide bonds. The number of carbonyl (C=O) groups is 2. The lowest BCUT2D eigenvalue weighted by atomic mass is 9.96. The van der Waals surface area contributed by atoms with Crippen molar-refractivity contribution in [2.75, 3.05) is 32.2 Å². The first-order chi connectivity index (χ1) is 18.6. The van der Waals surface area contributed by atoms with Crippen LogP contribution in [0.15, 0.2) is 35.7 Å². The summed E-state index contributed by atoms with van der Waals surface area (Å²) in [6.07, 6.45) is 4.03. The van der Waals surface area contributed by atoms with E-state index in [1.807, 2.05) is 24.3 Å². The summed E-state index contributed by atoms with van der Waals surface area (Å²) in [5.74, 6) is 0.0461. The zero-order valence-corrected chi connectivity index (χ0v) is 23.4. The van der Waals surface area contributed by atoms with Crippen molar-refractivity contribution in [3.05, 3.63) is 46.9 Å². The van der Waals surface area contributed by atoms with Crippen LogP contribution in [0.5, 0.6) is 0 Å². The summed E-state index contributed by atoms with van der Waals surface area (Å²) in [7, 11) is 1.55. The van der Waals surface area contributed by atoms with Crippen molar-refractivity contribution in [2.45, 2.75) is 77.7 Å². The standard InChI is InChI=1S/C28H40N4O7/c1-6-38-26(33)23-12-10-21(16-31(23)27(34)39-28(2,3)4)29-20-9-11-22-19(14-20)17-37-13-7-8-18-15-24(36-5)30-32(35)25(18)22/h9,11,14-15,21,23,29-30,35H,6-8,10,12-13,16-17H2,1-5H3/t21-,23+/m1/s1. The number of nitrogens with zero attached hydrogens (tertiary/aromatic N) is 2. The van der Waals surface area contributed by atoms with Crippen molar-refractivity contribution < 1.29 is 33.7 Å². The number of piperidine rings is 1. The van der Waals surface area contributed by atoms with E-state index in [0.717, 1.165) is 40.4 Å². The fraction of sp³-hybridized carbons (Fsp3) is 0.571. The number of ether oxygens (including phenoxy) is 4. The fourth-order valence-corrected chi connectivity index (χ4v) is 5.05. The third-order valence-electron chi connectivity index (χ3n) is 6.75. The van der Waals surface area contributed by atoms with Gasteiger partial charge in [-0.1, -0.05) is 6.07 Å². The molecule has 0 saturated carbocycles. The molecule has 0 aromatic heterocycles. The predicted molar refractivity (Wildman–Crippen MR) is 144 cm³/mol. The van der Waals surface area contributed by atoms with Crippen LogP contribution in [0.25, 0.3) is 5.70 Å². The molecule has 3 N–H and O–H groups in total. The molecular weight excluding hydrogens is 504 g/mol. The zero-order chi connectivity index (χ0) is 28.2. The van der Waals surface area contributed by atoms with E-state index >= 15 is 0 Å². The lowest BCUT2D eigenvalue weighted by Crippen LogP contribution is -2.55. The number of benzene rings is 1. The molecule has 0 aliphatic carbocycles. The average molecular weight is 545 g/mol. The largest absolute Gasteiger partial charge is 0.481 e. The molecule has 0 radical (unpaired) electrons. The Bertz CT molecular complexity index is 1130.